The molecule has 170 valence electrons. The van der Waals surface area contributed by atoms with E-state index in [0.29, 0.717) is 25.0 Å². The lowest BCUT2D eigenvalue weighted by Gasteiger charge is -2.14. The van der Waals surface area contributed by atoms with Gasteiger partial charge in [0.05, 0.1) is 24.9 Å². The normalized spacial score (nSPS) is 12.0. The van der Waals surface area contributed by atoms with Gasteiger partial charge in [-0.25, -0.2) is 0 Å². The summed E-state index contributed by atoms with van der Waals surface area (Å²) >= 11 is 1.33. The zero-order chi connectivity index (χ0) is 23.1. The Morgan fingerprint density at radius 1 is 1.12 bits per heavy atom. The van der Waals surface area contributed by atoms with E-state index in [1.165, 1.54) is 17.3 Å². The maximum Gasteiger partial charge on any atom is 0.255 e. The van der Waals surface area contributed by atoms with Gasteiger partial charge in [0.15, 0.2) is 0 Å². The van der Waals surface area contributed by atoms with Gasteiger partial charge in [0.2, 0.25) is 0 Å². The zero-order valence-corrected chi connectivity index (χ0v) is 19.1. The molecule has 0 aliphatic rings. The molecular formula is C25H29NO5S. The number of carbonyl (C=O) groups excluding carboxylic acids is 1. The van der Waals surface area contributed by atoms with Gasteiger partial charge in [-0.3, -0.25) is 4.79 Å². The number of phenolic OH excluding ortho intramolecular Hbond substituents is 1. The van der Waals surface area contributed by atoms with Crippen molar-refractivity contribution < 1.29 is 24.9 Å². The highest BCUT2D eigenvalue weighted by atomic mass is 32.2. The predicted molar refractivity (Wildman–Crippen MR) is 128 cm³/mol. The van der Waals surface area contributed by atoms with Crippen LogP contribution in [0.3, 0.4) is 0 Å². The van der Waals surface area contributed by atoms with E-state index in [2.05, 4.69) is 11.4 Å². The summed E-state index contributed by atoms with van der Waals surface area (Å²) in [6.07, 6.45) is -0.237. The number of aliphatic hydroxyl groups is 2. The smallest absolute Gasteiger partial charge is 0.255 e. The number of fused-ring (bicyclic) bond motifs is 1. The van der Waals surface area contributed by atoms with E-state index in [1.807, 2.05) is 38.1 Å². The van der Waals surface area contributed by atoms with Crippen LogP contribution >= 0.6 is 11.8 Å². The lowest BCUT2D eigenvalue weighted by Crippen LogP contribution is -2.25. The Morgan fingerprint density at radius 2 is 1.88 bits per heavy atom. The van der Waals surface area contributed by atoms with Crippen molar-refractivity contribution in [3.8, 4) is 11.5 Å². The first-order valence-electron chi connectivity index (χ1n) is 10.6. The van der Waals surface area contributed by atoms with Crippen molar-refractivity contribution in [1.82, 2.24) is 5.32 Å². The molecule has 0 aromatic heterocycles. The Balaban J connectivity index is 1.64. The van der Waals surface area contributed by atoms with E-state index >= 15 is 0 Å². The minimum Gasteiger partial charge on any atom is -0.506 e. The van der Waals surface area contributed by atoms with Crippen molar-refractivity contribution in [3.05, 3.63) is 65.2 Å². The van der Waals surface area contributed by atoms with E-state index < -0.39 is 6.10 Å². The minimum atomic E-state index is -0.859. The van der Waals surface area contributed by atoms with Gasteiger partial charge < -0.3 is 25.4 Å². The van der Waals surface area contributed by atoms with E-state index in [9.17, 15) is 15.0 Å². The third-order valence-electron chi connectivity index (χ3n) is 5.06. The summed E-state index contributed by atoms with van der Waals surface area (Å²) in [6.45, 7) is 4.57. The number of hydrogen-bond donors (Lipinski definition) is 4. The Labute approximate surface area is 192 Å². The molecule has 7 heteroatoms. The maximum absolute atomic E-state index is 12.8. The number of carbonyl (C=O) groups is 1. The van der Waals surface area contributed by atoms with Crippen LogP contribution in [0.15, 0.2) is 53.4 Å². The largest absolute Gasteiger partial charge is 0.506 e. The standard InChI is InChI=1S/C25H29NO5S/c1-16-8-9-22(17(2)12-16)31-11-5-10-26-25(30)21-13-23(32-15-18(28)14-27)19-6-3-4-7-20(19)24(21)29/h3-4,6-9,12-13,18,27-29H,5,10-11,14-15H2,1-2H3,(H,26,30). The van der Waals surface area contributed by atoms with E-state index in [4.69, 9.17) is 9.84 Å². The van der Waals surface area contributed by atoms with Crippen LogP contribution in [0.5, 0.6) is 11.5 Å². The van der Waals surface area contributed by atoms with Crippen molar-refractivity contribution in [3.63, 3.8) is 0 Å². The number of rotatable bonds is 10. The zero-order valence-electron chi connectivity index (χ0n) is 18.3. The van der Waals surface area contributed by atoms with Crippen LogP contribution in [-0.2, 0) is 0 Å². The molecule has 0 saturated heterocycles. The van der Waals surface area contributed by atoms with Crippen molar-refractivity contribution in [2.24, 2.45) is 0 Å². The fourth-order valence-corrected chi connectivity index (χ4v) is 4.38. The molecule has 0 bridgehead atoms. The topological polar surface area (TPSA) is 99.0 Å². The highest BCUT2D eigenvalue weighted by molar-refractivity contribution is 7.99. The highest BCUT2D eigenvalue weighted by Gasteiger charge is 2.18. The molecule has 4 N–H and O–H groups in total. The lowest BCUT2D eigenvalue weighted by molar-refractivity contribution is 0.0949. The Bertz CT molecular complexity index is 1090. The Morgan fingerprint density at radius 3 is 2.59 bits per heavy atom. The molecule has 1 atom stereocenters. The molecule has 0 spiro atoms. The maximum atomic E-state index is 12.8. The van der Waals surface area contributed by atoms with Gasteiger partial charge in [0.1, 0.15) is 11.5 Å². The molecule has 1 amide bonds. The number of amides is 1. The third kappa shape index (κ3) is 5.94. The number of aryl methyl sites for hydroxylation is 2. The van der Waals surface area contributed by atoms with Crippen molar-refractivity contribution in [2.45, 2.75) is 31.3 Å². The number of ether oxygens (including phenoxy) is 1. The summed E-state index contributed by atoms with van der Waals surface area (Å²) < 4.78 is 5.80. The van der Waals surface area contributed by atoms with Crippen molar-refractivity contribution in [2.75, 3.05) is 25.5 Å². The number of thioether (sulfide) groups is 1. The number of benzene rings is 3. The molecule has 1 unspecified atom stereocenters. The third-order valence-corrected chi connectivity index (χ3v) is 6.26. The number of hydrogen-bond acceptors (Lipinski definition) is 6. The molecule has 0 heterocycles. The van der Waals surface area contributed by atoms with Crippen LogP contribution in [0.4, 0.5) is 0 Å². The van der Waals surface area contributed by atoms with E-state index in [0.717, 1.165) is 21.6 Å². The molecule has 3 aromatic carbocycles. The van der Waals surface area contributed by atoms with Crippen LogP contribution < -0.4 is 10.1 Å². The second kappa shape index (κ2) is 11.2. The fraction of sp³-hybridized carbons (Fsp3) is 0.320. The van der Waals surface area contributed by atoms with Crippen LogP contribution in [0.2, 0.25) is 0 Å². The van der Waals surface area contributed by atoms with Gasteiger partial charge >= 0.3 is 0 Å². The second-order valence-electron chi connectivity index (χ2n) is 7.69. The molecule has 6 nitrogen and oxygen atoms in total. The summed E-state index contributed by atoms with van der Waals surface area (Å²) in [5, 5.41) is 33.7. The first-order chi connectivity index (χ1) is 15.4. The average molecular weight is 456 g/mol. The molecule has 3 rings (SSSR count). The van der Waals surface area contributed by atoms with E-state index in [1.54, 1.807) is 18.2 Å². The van der Waals surface area contributed by atoms with Gasteiger partial charge in [0, 0.05) is 22.6 Å². The monoisotopic (exact) mass is 455 g/mol. The second-order valence-corrected chi connectivity index (χ2v) is 8.75. The van der Waals surface area contributed by atoms with E-state index in [-0.39, 0.29) is 29.6 Å². The summed E-state index contributed by atoms with van der Waals surface area (Å²) in [7, 11) is 0. The lowest BCUT2D eigenvalue weighted by atomic mass is 10.0. The Hall–Kier alpha value is -2.74. The predicted octanol–water partition coefficient (Wildman–Crippen LogP) is 3.81. The Kier molecular flexibility index (Phi) is 8.39. The molecule has 0 fully saturated rings. The van der Waals surface area contributed by atoms with Gasteiger partial charge in [-0.05, 0) is 43.4 Å². The highest BCUT2D eigenvalue weighted by Crippen LogP contribution is 2.36. The molecule has 0 radical (unpaired) electrons. The molecule has 3 aromatic rings. The van der Waals surface area contributed by atoms with Crippen LogP contribution in [-0.4, -0.2) is 52.8 Å². The van der Waals surface area contributed by atoms with Crippen LogP contribution in [0, 0.1) is 13.8 Å². The minimum absolute atomic E-state index is 0.0725. The summed E-state index contributed by atoms with van der Waals surface area (Å²) in [6, 6.07) is 14.9. The van der Waals surface area contributed by atoms with Crippen LogP contribution in [0.25, 0.3) is 10.8 Å². The molecule has 0 saturated carbocycles. The number of aliphatic hydroxyl groups excluding tert-OH is 2. The quantitative estimate of drug-likeness (QED) is 0.274. The first kappa shape index (κ1) is 23.9. The SMILES string of the molecule is Cc1ccc(OCCCNC(=O)c2cc(SCC(O)CO)c3ccccc3c2O)c(C)c1. The van der Waals surface area contributed by atoms with Gasteiger partial charge in [0.25, 0.3) is 5.91 Å². The first-order valence-corrected chi connectivity index (χ1v) is 11.5. The molecular weight excluding hydrogens is 426 g/mol. The van der Waals surface area contributed by atoms with Crippen LogP contribution in [0.1, 0.15) is 27.9 Å². The van der Waals surface area contributed by atoms with Gasteiger partial charge in [-0.15, -0.1) is 11.8 Å². The van der Waals surface area contributed by atoms with Gasteiger partial charge in [-0.1, -0.05) is 42.0 Å². The molecule has 0 aliphatic heterocycles. The molecule has 0 aliphatic carbocycles. The van der Waals surface area contributed by atoms with Crippen molar-refractivity contribution in [1.29, 1.82) is 0 Å². The average Bonchev–Trinajstić information content (AvgIpc) is 2.79. The molecule has 32 heavy (non-hydrogen) atoms. The fourth-order valence-electron chi connectivity index (χ4n) is 3.37. The van der Waals surface area contributed by atoms with Gasteiger partial charge in [-0.2, -0.15) is 0 Å². The summed E-state index contributed by atoms with van der Waals surface area (Å²) in [5.74, 6) is 0.670. The van der Waals surface area contributed by atoms with Crippen molar-refractivity contribution >= 4 is 28.4 Å². The number of nitrogens with one attached hydrogen (secondary N) is 1. The summed E-state index contributed by atoms with van der Waals surface area (Å²) in [5.41, 5.74) is 2.44. The summed E-state index contributed by atoms with van der Waals surface area (Å²) in [4.78, 5) is 13.5. The number of aromatic hydroxyl groups is 1. The number of phenols is 1.